The van der Waals surface area contributed by atoms with E-state index >= 15 is 0 Å². The largest absolute Gasteiger partial charge is 0.481 e. The Morgan fingerprint density at radius 1 is 1.21 bits per heavy atom. The molecule has 3 fully saturated rings. The second-order valence-corrected chi connectivity index (χ2v) is 7.36. The molecule has 3 aliphatic rings. The Labute approximate surface area is 140 Å². The molecule has 1 saturated carbocycles. The minimum absolute atomic E-state index is 0.0327. The average Bonchev–Trinajstić information content (AvgIpc) is 3.20. The minimum atomic E-state index is -0.912. The van der Waals surface area contributed by atoms with E-state index in [1.54, 1.807) is 6.92 Å². The molecule has 1 unspecified atom stereocenters. The molecule has 1 aliphatic carbocycles. The van der Waals surface area contributed by atoms with Gasteiger partial charge in [0.15, 0.2) is 0 Å². The lowest BCUT2D eigenvalue weighted by Crippen LogP contribution is -2.44. The summed E-state index contributed by atoms with van der Waals surface area (Å²) in [6.07, 6.45) is 3.60. The summed E-state index contributed by atoms with van der Waals surface area (Å²) in [5.41, 5.74) is -1.67. The molecule has 2 saturated heterocycles. The maximum Gasteiger partial charge on any atom is 0.325 e. The Morgan fingerprint density at radius 3 is 2.46 bits per heavy atom. The van der Waals surface area contributed by atoms with Crippen molar-refractivity contribution in [2.75, 3.05) is 19.6 Å². The molecule has 1 atom stereocenters. The number of aliphatic carboxylic acids is 1. The van der Waals surface area contributed by atoms with Gasteiger partial charge in [0.1, 0.15) is 5.54 Å². The van der Waals surface area contributed by atoms with Crippen molar-refractivity contribution in [2.24, 2.45) is 5.41 Å². The molecule has 3 rings (SSSR count). The number of carbonyl (C=O) groups excluding carboxylic acids is 3. The van der Waals surface area contributed by atoms with E-state index in [0.717, 1.165) is 17.7 Å². The van der Waals surface area contributed by atoms with E-state index in [4.69, 9.17) is 0 Å². The monoisotopic (exact) mass is 337 g/mol. The summed E-state index contributed by atoms with van der Waals surface area (Å²) in [5, 5.41) is 12.0. The van der Waals surface area contributed by atoms with Crippen molar-refractivity contribution in [2.45, 2.75) is 51.0 Å². The van der Waals surface area contributed by atoms with Crippen LogP contribution >= 0.6 is 0 Å². The number of urea groups is 1. The summed E-state index contributed by atoms with van der Waals surface area (Å²) in [4.78, 5) is 50.8. The number of nitrogens with one attached hydrogen (secondary N) is 1. The van der Waals surface area contributed by atoms with Gasteiger partial charge in [-0.05, 0) is 26.2 Å². The van der Waals surface area contributed by atoms with E-state index in [-0.39, 0.29) is 31.3 Å². The Hall–Kier alpha value is -2.12. The van der Waals surface area contributed by atoms with Crippen LogP contribution in [0.3, 0.4) is 0 Å². The Kier molecular flexibility index (Phi) is 4.01. The second-order valence-electron chi connectivity index (χ2n) is 7.36. The van der Waals surface area contributed by atoms with E-state index < -0.39 is 23.0 Å². The molecule has 1 spiro atoms. The number of nitrogens with zero attached hydrogens (tertiary/aromatic N) is 2. The van der Waals surface area contributed by atoms with E-state index in [2.05, 4.69) is 5.32 Å². The van der Waals surface area contributed by atoms with Crippen LogP contribution in [0.4, 0.5) is 4.79 Å². The fourth-order valence-electron chi connectivity index (χ4n) is 3.91. The standard InChI is InChI=1S/C16H23N3O5/c1-15(13(22)23)7-9-18(10-15)11(20)4-8-19-12(21)16(17-14(19)24)5-2-3-6-16/h2-10H2,1H3,(H,17,24)(H,22,23). The first-order valence-electron chi connectivity index (χ1n) is 8.43. The lowest BCUT2D eigenvalue weighted by molar-refractivity contribution is -0.147. The highest BCUT2D eigenvalue weighted by Crippen LogP contribution is 2.35. The number of hydrogen-bond acceptors (Lipinski definition) is 4. The predicted molar refractivity (Wildman–Crippen MR) is 83.0 cm³/mol. The number of imide groups is 1. The van der Waals surface area contributed by atoms with Crippen LogP contribution in [-0.2, 0) is 14.4 Å². The van der Waals surface area contributed by atoms with Crippen LogP contribution in [0, 0.1) is 5.41 Å². The third kappa shape index (κ3) is 2.63. The Balaban J connectivity index is 1.56. The van der Waals surface area contributed by atoms with Gasteiger partial charge in [0.25, 0.3) is 5.91 Å². The lowest BCUT2D eigenvalue weighted by Gasteiger charge is -2.22. The highest BCUT2D eigenvalue weighted by Gasteiger charge is 2.52. The molecular weight excluding hydrogens is 314 g/mol. The van der Waals surface area contributed by atoms with E-state index in [1.165, 1.54) is 4.90 Å². The molecule has 24 heavy (non-hydrogen) atoms. The molecular formula is C16H23N3O5. The maximum atomic E-state index is 12.5. The SMILES string of the molecule is CC1(C(=O)O)CCN(C(=O)CCN2C(=O)NC3(CCCC3)C2=O)C1. The molecule has 0 aromatic heterocycles. The summed E-state index contributed by atoms with van der Waals surface area (Å²) in [5.74, 6) is -1.35. The zero-order valence-electron chi connectivity index (χ0n) is 13.8. The number of carboxylic acids is 1. The van der Waals surface area contributed by atoms with E-state index in [9.17, 15) is 24.3 Å². The molecule has 2 N–H and O–H groups in total. The van der Waals surface area contributed by atoms with Gasteiger partial charge in [-0.3, -0.25) is 19.3 Å². The van der Waals surface area contributed by atoms with Gasteiger partial charge >= 0.3 is 12.0 Å². The molecule has 2 aliphatic heterocycles. The normalized spacial score (nSPS) is 28.7. The van der Waals surface area contributed by atoms with Crippen LogP contribution in [0.15, 0.2) is 0 Å². The first-order valence-corrected chi connectivity index (χ1v) is 8.43. The van der Waals surface area contributed by atoms with Gasteiger partial charge in [-0.1, -0.05) is 12.8 Å². The molecule has 0 aromatic rings. The topological polar surface area (TPSA) is 107 Å². The molecule has 132 valence electrons. The summed E-state index contributed by atoms with van der Waals surface area (Å²) >= 11 is 0. The fourth-order valence-corrected chi connectivity index (χ4v) is 3.91. The number of likely N-dealkylation sites (tertiary alicyclic amines) is 1. The molecule has 2 heterocycles. The van der Waals surface area contributed by atoms with Gasteiger partial charge in [0.05, 0.1) is 5.41 Å². The number of carbonyl (C=O) groups is 4. The fraction of sp³-hybridized carbons (Fsp3) is 0.750. The quantitative estimate of drug-likeness (QED) is 0.729. The van der Waals surface area contributed by atoms with Crippen molar-refractivity contribution >= 4 is 23.8 Å². The van der Waals surface area contributed by atoms with E-state index in [1.807, 2.05) is 0 Å². The summed E-state index contributed by atoms with van der Waals surface area (Å²) in [6.45, 7) is 2.24. The predicted octanol–water partition coefficient (Wildman–Crippen LogP) is 0.564. The van der Waals surface area contributed by atoms with Crippen LogP contribution in [0.1, 0.15) is 45.4 Å². The van der Waals surface area contributed by atoms with Gasteiger partial charge in [0.2, 0.25) is 5.91 Å². The van der Waals surface area contributed by atoms with Crippen molar-refractivity contribution in [3.05, 3.63) is 0 Å². The van der Waals surface area contributed by atoms with Crippen molar-refractivity contribution in [3.8, 4) is 0 Å². The summed E-state index contributed by atoms with van der Waals surface area (Å²) in [6, 6.07) is -0.425. The molecule has 8 heteroatoms. The van der Waals surface area contributed by atoms with Crippen LogP contribution in [0.2, 0.25) is 0 Å². The number of amides is 4. The smallest absolute Gasteiger partial charge is 0.325 e. The first kappa shape index (κ1) is 16.7. The van der Waals surface area contributed by atoms with Crippen LogP contribution in [0.5, 0.6) is 0 Å². The van der Waals surface area contributed by atoms with Gasteiger partial charge in [-0.2, -0.15) is 0 Å². The number of rotatable bonds is 4. The average molecular weight is 337 g/mol. The molecule has 8 nitrogen and oxygen atoms in total. The Morgan fingerprint density at radius 2 is 1.88 bits per heavy atom. The summed E-state index contributed by atoms with van der Waals surface area (Å²) in [7, 11) is 0. The third-order valence-corrected chi connectivity index (χ3v) is 5.59. The van der Waals surface area contributed by atoms with Crippen LogP contribution < -0.4 is 5.32 Å². The summed E-state index contributed by atoms with van der Waals surface area (Å²) < 4.78 is 0. The third-order valence-electron chi connectivity index (χ3n) is 5.59. The minimum Gasteiger partial charge on any atom is -0.481 e. The molecule has 0 aromatic carbocycles. The maximum absolute atomic E-state index is 12.5. The van der Waals surface area contributed by atoms with Crippen LogP contribution in [-0.4, -0.2) is 63.9 Å². The lowest BCUT2D eigenvalue weighted by atomic mass is 9.90. The van der Waals surface area contributed by atoms with Gasteiger partial charge in [0, 0.05) is 26.1 Å². The zero-order valence-corrected chi connectivity index (χ0v) is 13.8. The highest BCUT2D eigenvalue weighted by molar-refractivity contribution is 6.07. The molecule has 4 amide bonds. The van der Waals surface area contributed by atoms with Crippen molar-refractivity contribution in [1.29, 1.82) is 0 Å². The number of carboxylic acid groups (broad SMARTS) is 1. The van der Waals surface area contributed by atoms with E-state index in [0.29, 0.717) is 25.8 Å². The molecule has 0 radical (unpaired) electrons. The Bertz CT molecular complexity index is 599. The van der Waals surface area contributed by atoms with Crippen molar-refractivity contribution in [3.63, 3.8) is 0 Å². The molecule has 0 bridgehead atoms. The van der Waals surface area contributed by atoms with Crippen LogP contribution in [0.25, 0.3) is 0 Å². The zero-order chi connectivity index (χ0) is 17.5. The van der Waals surface area contributed by atoms with Gasteiger partial charge in [-0.25, -0.2) is 4.79 Å². The first-order chi connectivity index (χ1) is 11.3. The van der Waals surface area contributed by atoms with Crippen molar-refractivity contribution < 1.29 is 24.3 Å². The highest BCUT2D eigenvalue weighted by atomic mass is 16.4. The van der Waals surface area contributed by atoms with Gasteiger partial charge < -0.3 is 15.3 Å². The number of hydrogen-bond donors (Lipinski definition) is 2. The second kappa shape index (κ2) is 5.75. The van der Waals surface area contributed by atoms with Crippen molar-refractivity contribution in [1.82, 2.24) is 15.1 Å². The van der Waals surface area contributed by atoms with Gasteiger partial charge in [-0.15, -0.1) is 0 Å².